The number of hydrogen-bond acceptors (Lipinski definition) is 3. The summed E-state index contributed by atoms with van der Waals surface area (Å²) in [6.45, 7) is 0. The van der Waals surface area contributed by atoms with Crippen LogP contribution in [0.25, 0.3) is 20.8 Å². The van der Waals surface area contributed by atoms with Crippen molar-refractivity contribution in [2.75, 3.05) is 5.73 Å². The Bertz CT molecular complexity index is 739. The van der Waals surface area contributed by atoms with Gasteiger partial charge in [0.25, 0.3) is 0 Å². The van der Waals surface area contributed by atoms with Crippen molar-refractivity contribution >= 4 is 38.8 Å². The van der Waals surface area contributed by atoms with Gasteiger partial charge in [0, 0.05) is 22.3 Å². The molecule has 1 aromatic heterocycles. The highest BCUT2D eigenvalue weighted by Gasteiger charge is 2.10. The standard InChI is InChI=1S/C13H8ClFN2S/c14-7-1-3-9(10(16)5-7)13-17-11-6-8(15)2-4-12(11)18-13/h1-6H,16H2. The van der Waals surface area contributed by atoms with E-state index in [1.807, 2.05) is 6.07 Å². The lowest BCUT2D eigenvalue weighted by molar-refractivity contribution is 0.629. The Balaban J connectivity index is 2.19. The van der Waals surface area contributed by atoms with Crippen molar-refractivity contribution in [2.45, 2.75) is 0 Å². The lowest BCUT2D eigenvalue weighted by atomic mass is 10.2. The second kappa shape index (κ2) is 4.23. The second-order valence-corrected chi connectivity index (χ2v) is 5.33. The van der Waals surface area contributed by atoms with Crippen LogP contribution in [-0.2, 0) is 0 Å². The van der Waals surface area contributed by atoms with Crippen molar-refractivity contribution < 1.29 is 4.39 Å². The molecule has 0 aliphatic heterocycles. The van der Waals surface area contributed by atoms with Crippen LogP contribution >= 0.6 is 22.9 Å². The highest BCUT2D eigenvalue weighted by Crippen LogP contribution is 2.34. The van der Waals surface area contributed by atoms with E-state index in [-0.39, 0.29) is 5.82 Å². The summed E-state index contributed by atoms with van der Waals surface area (Å²) in [7, 11) is 0. The number of halogens is 2. The average molecular weight is 279 g/mol. The van der Waals surface area contributed by atoms with Gasteiger partial charge in [0.05, 0.1) is 10.2 Å². The molecule has 18 heavy (non-hydrogen) atoms. The molecule has 5 heteroatoms. The van der Waals surface area contributed by atoms with Crippen molar-refractivity contribution in [3.8, 4) is 10.6 Å². The Hall–Kier alpha value is -1.65. The van der Waals surface area contributed by atoms with Crippen LogP contribution < -0.4 is 5.73 Å². The van der Waals surface area contributed by atoms with E-state index in [1.54, 1.807) is 18.2 Å². The van der Waals surface area contributed by atoms with Crippen LogP contribution in [0.4, 0.5) is 10.1 Å². The van der Waals surface area contributed by atoms with E-state index in [4.69, 9.17) is 17.3 Å². The first kappa shape index (κ1) is 11.4. The van der Waals surface area contributed by atoms with Crippen molar-refractivity contribution in [2.24, 2.45) is 0 Å². The Morgan fingerprint density at radius 1 is 1.17 bits per heavy atom. The molecule has 2 nitrogen and oxygen atoms in total. The van der Waals surface area contributed by atoms with Gasteiger partial charge in [-0.3, -0.25) is 0 Å². The summed E-state index contributed by atoms with van der Waals surface area (Å²) in [6.07, 6.45) is 0. The summed E-state index contributed by atoms with van der Waals surface area (Å²) in [6, 6.07) is 9.84. The molecule has 2 aromatic carbocycles. The molecule has 0 saturated carbocycles. The predicted molar refractivity (Wildman–Crippen MR) is 74.4 cm³/mol. The van der Waals surface area contributed by atoms with Gasteiger partial charge in [-0.2, -0.15) is 0 Å². The molecular formula is C13H8ClFN2S. The van der Waals surface area contributed by atoms with Gasteiger partial charge in [-0.1, -0.05) is 11.6 Å². The molecule has 0 saturated heterocycles. The SMILES string of the molecule is Nc1cc(Cl)ccc1-c1nc2cc(F)ccc2s1. The van der Waals surface area contributed by atoms with E-state index < -0.39 is 0 Å². The summed E-state index contributed by atoms with van der Waals surface area (Å²) in [5.41, 5.74) is 7.95. The molecule has 90 valence electrons. The minimum Gasteiger partial charge on any atom is -0.398 e. The molecule has 0 fully saturated rings. The molecule has 0 spiro atoms. The van der Waals surface area contributed by atoms with Crippen molar-refractivity contribution in [3.63, 3.8) is 0 Å². The first-order valence-corrected chi connectivity index (χ1v) is 6.44. The van der Waals surface area contributed by atoms with E-state index in [9.17, 15) is 4.39 Å². The van der Waals surface area contributed by atoms with Crippen LogP contribution in [0.1, 0.15) is 0 Å². The smallest absolute Gasteiger partial charge is 0.126 e. The number of rotatable bonds is 1. The van der Waals surface area contributed by atoms with Crippen LogP contribution in [0.5, 0.6) is 0 Å². The highest BCUT2D eigenvalue weighted by atomic mass is 35.5. The Kier molecular flexibility index (Phi) is 2.69. The maximum atomic E-state index is 13.1. The van der Waals surface area contributed by atoms with Crippen molar-refractivity contribution in [3.05, 3.63) is 47.2 Å². The zero-order valence-corrected chi connectivity index (χ0v) is 10.7. The predicted octanol–water partition coefficient (Wildman–Crippen LogP) is 4.34. The number of hydrogen-bond donors (Lipinski definition) is 1. The maximum absolute atomic E-state index is 13.1. The van der Waals surface area contributed by atoms with Gasteiger partial charge in [0.2, 0.25) is 0 Å². The maximum Gasteiger partial charge on any atom is 0.126 e. The molecule has 0 radical (unpaired) electrons. The van der Waals surface area contributed by atoms with Gasteiger partial charge >= 0.3 is 0 Å². The molecule has 3 aromatic rings. The third-order valence-electron chi connectivity index (χ3n) is 2.59. The molecule has 3 rings (SSSR count). The lowest BCUT2D eigenvalue weighted by Crippen LogP contribution is -1.89. The molecule has 0 bridgehead atoms. The summed E-state index contributed by atoms with van der Waals surface area (Å²) < 4.78 is 14.0. The van der Waals surface area contributed by atoms with Crippen LogP contribution in [-0.4, -0.2) is 4.98 Å². The third kappa shape index (κ3) is 1.94. The topological polar surface area (TPSA) is 38.9 Å². The second-order valence-electron chi connectivity index (χ2n) is 3.86. The summed E-state index contributed by atoms with van der Waals surface area (Å²) in [4.78, 5) is 4.39. The zero-order chi connectivity index (χ0) is 12.7. The fourth-order valence-corrected chi connectivity index (χ4v) is 2.92. The third-order valence-corrected chi connectivity index (χ3v) is 3.90. The van der Waals surface area contributed by atoms with Crippen LogP contribution in [0.3, 0.4) is 0 Å². The monoisotopic (exact) mass is 278 g/mol. The summed E-state index contributed by atoms with van der Waals surface area (Å²) >= 11 is 7.34. The van der Waals surface area contributed by atoms with Crippen molar-refractivity contribution in [1.82, 2.24) is 4.98 Å². The minimum atomic E-state index is -0.288. The zero-order valence-electron chi connectivity index (χ0n) is 9.15. The van der Waals surface area contributed by atoms with E-state index in [0.717, 1.165) is 15.3 Å². The van der Waals surface area contributed by atoms with E-state index in [0.29, 0.717) is 16.2 Å². The van der Waals surface area contributed by atoms with E-state index >= 15 is 0 Å². The molecular weight excluding hydrogens is 271 g/mol. The lowest BCUT2D eigenvalue weighted by Gasteiger charge is -2.01. The van der Waals surface area contributed by atoms with Gasteiger partial charge in [-0.05, 0) is 30.3 Å². The minimum absolute atomic E-state index is 0.288. The number of nitrogen functional groups attached to an aromatic ring is 1. The molecule has 0 aliphatic carbocycles. The van der Waals surface area contributed by atoms with E-state index in [2.05, 4.69) is 4.98 Å². The molecule has 0 unspecified atom stereocenters. The van der Waals surface area contributed by atoms with Gasteiger partial charge in [-0.25, -0.2) is 9.37 Å². The highest BCUT2D eigenvalue weighted by molar-refractivity contribution is 7.21. The fraction of sp³-hybridized carbons (Fsp3) is 0. The Morgan fingerprint density at radius 3 is 2.78 bits per heavy atom. The number of thiazole rings is 1. The number of aromatic nitrogens is 1. The van der Waals surface area contributed by atoms with Crippen LogP contribution in [0, 0.1) is 5.82 Å². The molecule has 0 amide bonds. The van der Waals surface area contributed by atoms with E-state index in [1.165, 1.54) is 23.5 Å². The number of anilines is 1. The quantitative estimate of drug-likeness (QED) is 0.673. The molecule has 1 heterocycles. The fourth-order valence-electron chi connectivity index (χ4n) is 1.74. The number of fused-ring (bicyclic) bond motifs is 1. The van der Waals surface area contributed by atoms with Crippen molar-refractivity contribution in [1.29, 1.82) is 0 Å². The normalized spacial score (nSPS) is 11.0. The van der Waals surface area contributed by atoms with Crippen LogP contribution in [0.2, 0.25) is 5.02 Å². The molecule has 2 N–H and O–H groups in total. The molecule has 0 atom stereocenters. The summed E-state index contributed by atoms with van der Waals surface area (Å²) in [5, 5.41) is 1.35. The summed E-state index contributed by atoms with van der Waals surface area (Å²) in [5.74, 6) is -0.288. The largest absolute Gasteiger partial charge is 0.398 e. The Morgan fingerprint density at radius 2 is 2.00 bits per heavy atom. The van der Waals surface area contributed by atoms with Gasteiger partial charge in [0.15, 0.2) is 0 Å². The Labute approximate surface area is 112 Å². The first-order chi connectivity index (χ1) is 8.63. The van der Waals surface area contributed by atoms with Gasteiger partial charge in [0.1, 0.15) is 10.8 Å². The number of nitrogens with two attached hydrogens (primary N) is 1. The molecule has 0 aliphatic rings. The first-order valence-electron chi connectivity index (χ1n) is 5.25. The number of benzene rings is 2. The van der Waals surface area contributed by atoms with Gasteiger partial charge in [-0.15, -0.1) is 11.3 Å². The van der Waals surface area contributed by atoms with Gasteiger partial charge < -0.3 is 5.73 Å². The number of nitrogens with zero attached hydrogens (tertiary/aromatic N) is 1. The average Bonchev–Trinajstić information content (AvgIpc) is 2.71. The van der Waals surface area contributed by atoms with Crippen LogP contribution in [0.15, 0.2) is 36.4 Å².